The van der Waals surface area contributed by atoms with Crippen molar-refractivity contribution in [3.05, 3.63) is 17.5 Å². The summed E-state index contributed by atoms with van der Waals surface area (Å²) in [6.45, 7) is 2.59. The Morgan fingerprint density at radius 3 is 2.76 bits per heavy atom. The summed E-state index contributed by atoms with van der Waals surface area (Å²) >= 11 is 0. The van der Waals surface area contributed by atoms with Gasteiger partial charge < -0.3 is 5.32 Å². The predicted octanol–water partition coefficient (Wildman–Crippen LogP) is 1.39. The molecule has 0 aliphatic heterocycles. The summed E-state index contributed by atoms with van der Waals surface area (Å²) in [5.41, 5.74) is 2.12. The largest absolute Gasteiger partial charge is 0.352 e. The van der Waals surface area contributed by atoms with Crippen LogP contribution in [0.3, 0.4) is 0 Å². The number of carbonyl (C=O) groups is 1. The number of aryl methyl sites for hydroxylation is 2. The van der Waals surface area contributed by atoms with E-state index in [2.05, 4.69) is 10.4 Å². The fourth-order valence-electron chi connectivity index (χ4n) is 3.08. The minimum absolute atomic E-state index is 0.237. The molecule has 0 radical (unpaired) electrons. The van der Waals surface area contributed by atoms with Gasteiger partial charge in [0.15, 0.2) is 0 Å². The van der Waals surface area contributed by atoms with Crippen molar-refractivity contribution in [3.63, 3.8) is 0 Å². The van der Waals surface area contributed by atoms with Gasteiger partial charge >= 0.3 is 0 Å². The molecule has 2 saturated carbocycles. The molecule has 0 aromatic carbocycles. The third-order valence-corrected chi connectivity index (χ3v) is 4.18. The predicted molar refractivity (Wildman–Crippen MR) is 64.1 cm³/mol. The number of hydrogen-bond acceptors (Lipinski definition) is 2. The average Bonchev–Trinajstić information content (AvgIpc) is 2.75. The normalized spacial score (nSPS) is 30.1. The standard InChI is InChI=1S/C13H19N3O/c1-8-12(7-16(2)15-8)6-14-13(17)11-4-9-3-10(9)5-11/h7,9-11H,3-6H2,1-2H3,(H,14,17). The van der Waals surface area contributed by atoms with Crippen molar-refractivity contribution in [2.75, 3.05) is 0 Å². The molecule has 2 aliphatic carbocycles. The fourth-order valence-corrected chi connectivity index (χ4v) is 3.08. The molecule has 0 spiro atoms. The first-order chi connectivity index (χ1) is 8.13. The molecule has 0 bridgehead atoms. The van der Waals surface area contributed by atoms with Gasteiger partial charge in [-0.1, -0.05) is 0 Å². The molecule has 1 heterocycles. The van der Waals surface area contributed by atoms with Gasteiger partial charge in [0.2, 0.25) is 5.91 Å². The van der Waals surface area contributed by atoms with Crippen LogP contribution in [0.4, 0.5) is 0 Å². The lowest BCUT2D eigenvalue weighted by Gasteiger charge is -2.11. The number of nitrogens with one attached hydrogen (secondary N) is 1. The Morgan fingerprint density at radius 2 is 2.18 bits per heavy atom. The molecule has 1 amide bonds. The summed E-state index contributed by atoms with van der Waals surface area (Å²) in [5, 5.41) is 7.31. The van der Waals surface area contributed by atoms with Crippen molar-refractivity contribution < 1.29 is 4.79 Å². The molecular formula is C13H19N3O. The maximum atomic E-state index is 12.0. The second-order valence-electron chi connectivity index (χ2n) is 5.56. The number of hydrogen-bond donors (Lipinski definition) is 1. The van der Waals surface area contributed by atoms with Crippen molar-refractivity contribution >= 4 is 5.91 Å². The quantitative estimate of drug-likeness (QED) is 0.857. The zero-order chi connectivity index (χ0) is 12.0. The first kappa shape index (κ1) is 10.8. The van der Waals surface area contributed by atoms with Crippen molar-refractivity contribution in [3.8, 4) is 0 Å². The van der Waals surface area contributed by atoms with E-state index in [1.807, 2.05) is 20.2 Å². The highest BCUT2D eigenvalue weighted by Crippen LogP contribution is 2.54. The molecule has 4 nitrogen and oxygen atoms in total. The Balaban J connectivity index is 1.53. The zero-order valence-electron chi connectivity index (χ0n) is 10.4. The zero-order valence-corrected chi connectivity index (χ0v) is 10.4. The number of aromatic nitrogens is 2. The van der Waals surface area contributed by atoms with E-state index in [4.69, 9.17) is 0 Å². The average molecular weight is 233 g/mol. The van der Waals surface area contributed by atoms with Crippen molar-refractivity contribution in [2.24, 2.45) is 24.8 Å². The number of fused-ring (bicyclic) bond motifs is 1. The Kier molecular flexibility index (Phi) is 2.45. The fraction of sp³-hybridized carbons (Fsp3) is 0.692. The third kappa shape index (κ3) is 2.08. The maximum Gasteiger partial charge on any atom is 0.223 e. The molecule has 1 aromatic rings. The van der Waals surface area contributed by atoms with Crippen LogP contribution < -0.4 is 5.32 Å². The molecule has 2 fully saturated rings. The van der Waals surface area contributed by atoms with E-state index in [1.165, 1.54) is 6.42 Å². The van der Waals surface area contributed by atoms with E-state index in [9.17, 15) is 4.79 Å². The third-order valence-electron chi connectivity index (χ3n) is 4.18. The molecule has 3 rings (SSSR count). The van der Waals surface area contributed by atoms with Crippen LogP contribution in [-0.2, 0) is 18.4 Å². The second kappa shape index (κ2) is 3.86. The molecule has 92 valence electrons. The van der Waals surface area contributed by atoms with Crippen LogP contribution in [0.5, 0.6) is 0 Å². The summed E-state index contributed by atoms with van der Waals surface area (Å²) in [6.07, 6.45) is 5.57. The van der Waals surface area contributed by atoms with Gasteiger partial charge in [0, 0.05) is 31.3 Å². The lowest BCUT2D eigenvalue weighted by molar-refractivity contribution is -0.125. The van der Waals surface area contributed by atoms with E-state index >= 15 is 0 Å². The Morgan fingerprint density at radius 1 is 1.47 bits per heavy atom. The number of amides is 1. The number of nitrogens with zero attached hydrogens (tertiary/aromatic N) is 2. The number of rotatable bonds is 3. The van der Waals surface area contributed by atoms with Crippen LogP contribution in [0.15, 0.2) is 6.20 Å². The highest BCUT2D eigenvalue weighted by atomic mass is 16.1. The first-order valence-corrected chi connectivity index (χ1v) is 6.40. The van der Waals surface area contributed by atoms with E-state index in [1.54, 1.807) is 4.68 Å². The minimum atomic E-state index is 0.237. The molecule has 1 aromatic heterocycles. The van der Waals surface area contributed by atoms with Crippen molar-refractivity contribution in [2.45, 2.75) is 32.7 Å². The van der Waals surface area contributed by atoms with Crippen LogP contribution >= 0.6 is 0 Å². The Bertz CT molecular complexity index is 442. The van der Waals surface area contributed by atoms with Gasteiger partial charge in [0.1, 0.15) is 0 Å². The number of carbonyl (C=O) groups excluding carboxylic acids is 1. The minimum Gasteiger partial charge on any atom is -0.352 e. The molecule has 2 atom stereocenters. The van der Waals surface area contributed by atoms with Crippen LogP contribution in [0.1, 0.15) is 30.5 Å². The van der Waals surface area contributed by atoms with Crippen LogP contribution in [0.2, 0.25) is 0 Å². The van der Waals surface area contributed by atoms with Gasteiger partial charge in [0.05, 0.1) is 5.69 Å². The van der Waals surface area contributed by atoms with Gasteiger partial charge in [-0.3, -0.25) is 9.48 Å². The SMILES string of the molecule is Cc1nn(C)cc1CNC(=O)C1CC2CC2C1. The van der Waals surface area contributed by atoms with Crippen molar-refractivity contribution in [1.29, 1.82) is 0 Å². The van der Waals surface area contributed by atoms with Gasteiger partial charge in [-0.05, 0) is 38.0 Å². The van der Waals surface area contributed by atoms with E-state index in [-0.39, 0.29) is 11.8 Å². The smallest absolute Gasteiger partial charge is 0.223 e. The highest BCUT2D eigenvalue weighted by molar-refractivity contribution is 5.79. The molecular weight excluding hydrogens is 214 g/mol. The first-order valence-electron chi connectivity index (χ1n) is 6.40. The maximum absolute atomic E-state index is 12.0. The van der Waals surface area contributed by atoms with E-state index < -0.39 is 0 Å². The summed E-state index contributed by atoms with van der Waals surface area (Å²) in [5.74, 6) is 2.24. The van der Waals surface area contributed by atoms with Crippen LogP contribution in [-0.4, -0.2) is 15.7 Å². The molecule has 17 heavy (non-hydrogen) atoms. The van der Waals surface area contributed by atoms with Crippen LogP contribution in [0.25, 0.3) is 0 Å². The molecule has 1 N–H and O–H groups in total. The molecule has 4 heteroatoms. The van der Waals surface area contributed by atoms with E-state index in [0.29, 0.717) is 6.54 Å². The molecule has 2 aliphatic rings. The lowest BCUT2D eigenvalue weighted by atomic mass is 10.0. The van der Waals surface area contributed by atoms with Gasteiger partial charge in [-0.15, -0.1) is 0 Å². The van der Waals surface area contributed by atoms with Gasteiger partial charge in [-0.25, -0.2) is 0 Å². The summed E-state index contributed by atoms with van der Waals surface area (Å²) in [4.78, 5) is 12.0. The summed E-state index contributed by atoms with van der Waals surface area (Å²) < 4.78 is 1.79. The van der Waals surface area contributed by atoms with E-state index in [0.717, 1.165) is 35.9 Å². The monoisotopic (exact) mass is 233 g/mol. The molecule has 2 unspecified atom stereocenters. The Labute approximate surface area is 101 Å². The van der Waals surface area contributed by atoms with Gasteiger partial charge in [-0.2, -0.15) is 5.10 Å². The van der Waals surface area contributed by atoms with Gasteiger partial charge in [0.25, 0.3) is 0 Å². The van der Waals surface area contributed by atoms with Crippen LogP contribution in [0, 0.1) is 24.7 Å². The Hall–Kier alpha value is -1.32. The summed E-state index contributed by atoms with van der Waals surface area (Å²) in [7, 11) is 1.91. The lowest BCUT2D eigenvalue weighted by Crippen LogP contribution is -2.29. The second-order valence-corrected chi connectivity index (χ2v) is 5.56. The highest BCUT2D eigenvalue weighted by Gasteiger charge is 2.47. The molecule has 0 saturated heterocycles. The summed E-state index contributed by atoms with van der Waals surface area (Å²) in [6, 6.07) is 0. The topological polar surface area (TPSA) is 46.9 Å². The van der Waals surface area contributed by atoms with Crippen molar-refractivity contribution in [1.82, 2.24) is 15.1 Å².